The van der Waals surface area contributed by atoms with Crippen molar-refractivity contribution in [2.45, 2.75) is 69.9 Å². The SMILES string of the molecule is COc1ccc2c(c1)-c1nc(-n3ncc(C(=O)NC4CCOC(C)(C)C4)c3C3CC3)ncc1CC2. The number of aromatic nitrogens is 4. The van der Waals surface area contributed by atoms with Crippen LogP contribution in [0.5, 0.6) is 5.75 Å². The molecule has 35 heavy (non-hydrogen) atoms. The maximum atomic E-state index is 13.3. The van der Waals surface area contributed by atoms with Gasteiger partial charge in [-0.2, -0.15) is 5.10 Å². The van der Waals surface area contributed by atoms with Crippen LogP contribution in [0.15, 0.2) is 30.6 Å². The number of nitrogens with zero attached hydrogens (tertiary/aromatic N) is 4. The van der Waals surface area contributed by atoms with Crippen molar-refractivity contribution in [3.63, 3.8) is 0 Å². The minimum Gasteiger partial charge on any atom is -0.497 e. The lowest BCUT2D eigenvalue weighted by Gasteiger charge is -2.35. The summed E-state index contributed by atoms with van der Waals surface area (Å²) in [5.74, 6) is 1.54. The molecule has 1 saturated carbocycles. The summed E-state index contributed by atoms with van der Waals surface area (Å²) in [5.41, 5.74) is 5.68. The monoisotopic (exact) mass is 473 g/mol. The molecule has 1 unspecified atom stereocenters. The van der Waals surface area contributed by atoms with E-state index in [2.05, 4.69) is 35.3 Å². The van der Waals surface area contributed by atoms with Crippen LogP contribution in [0.3, 0.4) is 0 Å². The van der Waals surface area contributed by atoms with E-state index in [4.69, 9.17) is 14.5 Å². The second-order valence-electron chi connectivity index (χ2n) is 10.5. The van der Waals surface area contributed by atoms with Gasteiger partial charge in [-0.15, -0.1) is 0 Å². The Kier molecular flexibility index (Phi) is 5.36. The first kappa shape index (κ1) is 22.2. The number of ether oxygens (including phenoxy) is 2. The molecule has 1 atom stereocenters. The number of hydrogen-bond donors (Lipinski definition) is 1. The molecule has 3 aliphatic rings. The smallest absolute Gasteiger partial charge is 0.255 e. The van der Waals surface area contributed by atoms with Gasteiger partial charge in [0.15, 0.2) is 0 Å². The quantitative estimate of drug-likeness (QED) is 0.602. The average Bonchev–Trinajstić information content (AvgIpc) is 3.59. The Bertz CT molecular complexity index is 1290. The van der Waals surface area contributed by atoms with Gasteiger partial charge >= 0.3 is 0 Å². The third kappa shape index (κ3) is 4.20. The fourth-order valence-electron chi connectivity index (χ4n) is 5.37. The molecule has 3 aromatic rings. The number of hydrogen-bond acceptors (Lipinski definition) is 6. The number of amides is 1. The Morgan fingerprint density at radius 1 is 1.17 bits per heavy atom. The van der Waals surface area contributed by atoms with Gasteiger partial charge in [0.1, 0.15) is 5.75 Å². The highest BCUT2D eigenvalue weighted by Gasteiger charge is 2.36. The molecule has 182 valence electrons. The molecule has 0 bridgehead atoms. The summed E-state index contributed by atoms with van der Waals surface area (Å²) in [5, 5.41) is 7.84. The van der Waals surface area contributed by atoms with Crippen LogP contribution >= 0.6 is 0 Å². The lowest BCUT2D eigenvalue weighted by atomic mass is 9.90. The minimum atomic E-state index is -0.227. The molecule has 1 aliphatic heterocycles. The number of carbonyl (C=O) groups is 1. The number of rotatable bonds is 5. The van der Waals surface area contributed by atoms with E-state index in [0.717, 1.165) is 66.8 Å². The fraction of sp³-hybridized carbons (Fsp3) is 0.481. The highest BCUT2D eigenvalue weighted by atomic mass is 16.5. The van der Waals surface area contributed by atoms with Crippen LogP contribution in [0.25, 0.3) is 17.2 Å². The summed E-state index contributed by atoms with van der Waals surface area (Å²) in [6.07, 6.45) is 9.13. The van der Waals surface area contributed by atoms with Crippen molar-refractivity contribution in [1.29, 1.82) is 0 Å². The van der Waals surface area contributed by atoms with Crippen molar-refractivity contribution >= 4 is 5.91 Å². The first-order valence-corrected chi connectivity index (χ1v) is 12.5. The van der Waals surface area contributed by atoms with E-state index in [0.29, 0.717) is 24.0 Å². The van der Waals surface area contributed by atoms with Crippen molar-refractivity contribution in [1.82, 2.24) is 25.1 Å². The lowest BCUT2D eigenvalue weighted by Crippen LogP contribution is -2.45. The summed E-state index contributed by atoms with van der Waals surface area (Å²) in [6, 6.07) is 6.24. The van der Waals surface area contributed by atoms with Gasteiger partial charge in [0, 0.05) is 30.3 Å². The Labute approximate surface area is 205 Å². The minimum absolute atomic E-state index is 0.0751. The highest BCUT2D eigenvalue weighted by Crippen LogP contribution is 2.43. The van der Waals surface area contributed by atoms with E-state index >= 15 is 0 Å². The third-order valence-corrected chi connectivity index (χ3v) is 7.32. The van der Waals surface area contributed by atoms with Crippen molar-refractivity contribution in [2.75, 3.05) is 13.7 Å². The molecule has 0 spiro atoms. The Morgan fingerprint density at radius 2 is 2.00 bits per heavy atom. The molecule has 2 aromatic heterocycles. The maximum absolute atomic E-state index is 13.3. The molecule has 8 heteroatoms. The van der Waals surface area contributed by atoms with Crippen LogP contribution in [0.1, 0.15) is 72.6 Å². The molecule has 6 rings (SSSR count). The molecule has 1 saturated heterocycles. The van der Waals surface area contributed by atoms with Crippen molar-refractivity contribution in [2.24, 2.45) is 0 Å². The predicted molar refractivity (Wildman–Crippen MR) is 131 cm³/mol. The molecule has 2 aliphatic carbocycles. The number of nitrogens with one attached hydrogen (secondary N) is 1. The van der Waals surface area contributed by atoms with E-state index in [-0.39, 0.29) is 17.6 Å². The Hall–Kier alpha value is -3.26. The van der Waals surface area contributed by atoms with Crippen LogP contribution in [0.2, 0.25) is 0 Å². The largest absolute Gasteiger partial charge is 0.497 e. The van der Waals surface area contributed by atoms with Crippen molar-refractivity contribution < 1.29 is 14.3 Å². The maximum Gasteiger partial charge on any atom is 0.255 e. The third-order valence-electron chi connectivity index (χ3n) is 7.32. The zero-order chi connectivity index (χ0) is 24.2. The second kappa shape index (κ2) is 8.45. The summed E-state index contributed by atoms with van der Waals surface area (Å²) in [6.45, 7) is 4.79. The van der Waals surface area contributed by atoms with Crippen molar-refractivity contribution in [3.05, 3.63) is 53.0 Å². The van der Waals surface area contributed by atoms with Gasteiger partial charge in [-0.1, -0.05) is 6.07 Å². The Morgan fingerprint density at radius 3 is 2.77 bits per heavy atom. The van der Waals surface area contributed by atoms with Crippen LogP contribution in [-0.4, -0.2) is 51.0 Å². The molecule has 2 fully saturated rings. The predicted octanol–water partition coefficient (Wildman–Crippen LogP) is 4.00. The molecule has 1 N–H and O–H groups in total. The van der Waals surface area contributed by atoms with Gasteiger partial charge in [-0.25, -0.2) is 14.6 Å². The van der Waals surface area contributed by atoms with E-state index in [1.807, 2.05) is 18.3 Å². The van der Waals surface area contributed by atoms with E-state index in [1.54, 1.807) is 18.0 Å². The normalized spacial score (nSPS) is 20.6. The number of aryl methyl sites for hydroxylation is 2. The molecular formula is C27H31N5O3. The number of carbonyl (C=O) groups excluding carboxylic acids is 1. The summed E-state index contributed by atoms with van der Waals surface area (Å²) >= 11 is 0. The van der Waals surface area contributed by atoms with E-state index < -0.39 is 0 Å². The van der Waals surface area contributed by atoms with Crippen molar-refractivity contribution in [3.8, 4) is 23.0 Å². The number of methoxy groups -OCH3 is 1. The molecular weight excluding hydrogens is 442 g/mol. The second-order valence-corrected chi connectivity index (χ2v) is 10.5. The van der Waals surface area contributed by atoms with Crippen LogP contribution in [-0.2, 0) is 17.6 Å². The van der Waals surface area contributed by atoms with Gasteiger partial charge < -0.3 is 14.8 Å². The van der Waals surface area contributed by atoms with E-state index in [1.165, 1.54) is 5.56 Å². The standard InChI is InChI=1S/C27H31N5O3/c1-27(2)13-19(10-11-35-27)30-25(33)22-15-29-32(24(22)17-5-6-17)26-28-14-18-7-4-16-8-9-20(34-3)12-21(16)23(18)31-26/h8-9,12,14-15,17,19H,4-7,10-11,13H2,1-3H3,(H,30,33). The van der Waals surface area contributed by atoms with Gasteiger partial charge in [0.25, 0.3) is 11.9 Å². The summed E-state index contributed by atoms with van der Waals surface area (Å²) < 4.78 is 13.0. The number of fused-ring (bicyclic) bond motifs is 3. The first-order valence-electron chi connectivity index (χ1n) is 12.5. The zero-order valence-corrected chi connectivity index (χ0v) is 20.5. The molecule has 8 nitrogen and oxygen atoms in total. The number of benzene rings is 1. The topological polar surface area (TPSA) is 91.2 Å². The average molecular weight is 474 g/mol. The molecule has 1 aromatic carbocycles. The van der Waals surface area contributed by atoms with Crippen LogP contribution < -0.4 is 10.1 Å². The molecule has 1 amide bonds. The first-order chi connectivity index (χ1) is 16.9. The summed E-state index contributed by atoms with van der Waals surface area (Å²) in [7, 11) is 1.68. The highest BCUT2D eigenvalue weighted by molar-refractivity contribution is 5.95. The zero-order valence-electron chi connectivity index (χ0n) is 20.5. The van der Waals surface area contributed by atoms with E-state index in [9.17, 15) is 4.79 Å². The Balaban J connectivity index is 1.34. The molecule has 3 heterocycles. The van der Waals surface area contributed by atoms with Gasteiger partial charge in [-0.05, 0) is 75.6 Å². The summed E-state index contributed by atoms with van der Waals surface area (Å²) in [4.78, 5) is 23.0. The van der Waals surface area contributed by atoms with Gasteiger partial charge in [-0.3, -0.25) is 4.79 Å². The van der Waals surface area contributed by atoms with Gasteiger partial charge in [0.2, 0.25) is 0 Å². The van der Waals surface area contributed by atoms with Crippen LogP contribution in [0, 0.1) is 0 Å². The molecule has 0 radical (unpaired) electrons. The van der Waals surface area contributed by atoms with Crippen LogP contribution in [0.4, 0.5) is 0 Å². The lowest BCUT2D eigenvalue weighted by molar-refractivity contribution is -0.0615. The fourth-order valence-corrected chi connectivity index (χ4v) is 5.37. The van der Waals surface area contributed by atoms with Gasteiger partial charge in [0.05, 0.1) is 35.9 Å².